The van der Waals surface area contributed by atoms with Crippen LogP contribution in [0.2, 0.25) is 0 Å². The summed E-state index contributed by atoms with van der Waals surface area (Å²) in [7, 11) is 0. The van der Waals surface area contributed by atoms with E-state index in [1.165, 1.54) is 49.7 Å². The van der Waals surface area contributed by atoms with E-state index in [0.29, 0.717) is 0 Å². The van der Waals surface area contributed by atoms with Crippen LogP contribution in [0.25, 0.3) is 76.9 Å². The first-order valence-corrected chi connectivity index (χ1v) is 13.1. The molecule has 0 bridgehead atoms. The standard InChI is InChI=1S/C35H21N3O/c1-2-10-23(11-3-1)37-32-19-27-25-13-6-7-15-30(25)38(31-16-8-14-29-35(31)39-21-36-29)33(27)20-28(32)26-18-17-22-9-4-5-12-24(22)34(26)37/h1-21H. The molecule has 0 N–H and O–H groups in total. The van der Waals surface area contributed by atoms with Gasteiger partial charge in [-0.15, -0.1) is 0 Å². The summed E-state index contributed by atoms with van der Waals surface area (Å²) in [5.74, 6) is 0. The molecule has 0 atom stereocenters. The van der Waals surface area contributed by atoms with Crippen molar-refractivity contribution < 1.29 is 4.42 Å². The van der Waals surface area contributed by atoms with Crippen molar-refractivity contribution in [1.29, 1.82) is 0 Å². The van der Waals surface area contributed by atoms with Gasteiger partial charge in [-0.2, -0.15) is 0 Å². The smallest absolute Gasteiger partial charge is 0.182 e. The van der Waals surface area contributed by atoms with Gasteiger partial charge in [-0.3, -0.25) is 0 Å². The topological polar surface area (TPSA) is 35.9 Å². The van der Waals surface area contributed by atoms with Crippen LogP contribution in [0.15, 0.2) is 132 Å². The molecule has 4 nitrogen and oxygen atoms in total. The Morgan fingerprint density at radius 1 is 0.513 bits per heavy atom. The maximum Gasteiger partial charge on any atom is 0.182 e. The lowest BCUT2D eigenvalue weighted by Crippen LogP contribution is -1.95. The Labute approximate surface area is 222 Å². The molecule has 6 aromatic carbocycles. The third kappa shape index (κ3) is 2.75. The number of benzene rings is 6. The van der Waals surface area contributed by atoms with Gasteiger partial charge in [-0.25, -0.2) is 4.98 Å². The van der Waals surface area contributed by atoms with Crippen LogP contribution >= 0.6 is 0 Å². The summed E-state index contributed by atoms with van der Waals surface area (Å²) in [5, 5.41) is 7.37. The number of para-hydroxylation sites is 3. The fourth-order valence-electron chi connectivity index (χ4n) is 6.39. The van der Waals surface area contributed by atoms with E-state index in [1.54, 1.807) is 0 Å². The molecule has 3 aromatic heterocycles. The van der Waals surface area contributed by atoms with Gasteiger partial charge in [-0.05, 0) is 47.9 Å². The first-order chi connectivity index (χ1) is 19.4. The summed E-state index contributed by atoms with van der Waals surface area (Å²) >= 11 is 0. The van der Waals surface area contributed by atoms with Crippen LogP contribution in [0.5, 0.6) is 0 Å². The van der Waals surface area contributed by atoms with Gasteiger partial charge in [0.05, 0.1) is 27.8 Å². The number of rotatable bonds is 2. The number of hydrogen-bond acceptors (Lipinski definition) is 2. The predicted molar refractivity (Wildman–Crippen MR) is 160 cm³/mol. The second-order valence-corrected chi connectivity index (χ2v) is 10.1. The van der Waals surface area contributed by atoms with Crippen molar-refractivity contribution in [3.63, 3.8) is 0 Å². The van der Waals surface area contributed by atoms with Crippen molar-refractivity contribution in [3.05, 3.63) is 128 Å². The van der Waals surface area contributed by atoms with E-state index < -0.39 is 0 Å². The molecule has 39 heavy (non-hydrogen) atoms. The molecule has 0 saturated heterocycles. The second-order valence-electron chi connectivity index (χ2n) is 10.1. The van der Waals surface area contributed by atoms with Crippen molar-refractivity contribution in [1.82, 2.24) is 14.1 Å². The minimum absolute atomic E-state index is 0.790. The fraction of sp³-hybridized carbons (Fsp3) is 0. The molecule has 0 unspecified atom stereocenters. The number of fused-ring (bicyclic) bond motifs is 9. The molecule has 3 heterocycles. The lowest BCUT2D eigenvalue weighted by molar-refractivity contribution is 0.600. The van der Waals surface area contributed by atoms with E-state index in [9.17, 15) is 0 Å². The monoisotopic (exact) mass is 499 g/mol. The highest BCUT2D eigenvalue weighted by Crippen LogP contribution is 2.42. The van der Waals surface area contributed by atoms with Gasteiger partial charge >= 0.3 is 0 Å². The zero-order valence-corrected chi connectivity index (χ0v) is 20.9. The van der Waals surface area contributed by atoms with Gasteiger partial charge in [0.1, 0.15) is 5.52 Å². The van der Waals surface area contributed by atoms with E-state index in [-0.39, 0.29) is 0 Å². The minimum atomic E-state index is 0.790. The summed E-state index contributed by atoms with van der Waals surface area (Å²) < 4.78 is 10.7. The predicted octanol–water partition coefficient (Wildman–Crippen LogP) is 9.18. The maximum atomic E-state index is 5.90. The SMILES string of the molecule is c1ccc(-n2c3cc4c5ccccc5n(-c5cccc6ncoc56)c4cc3c3ccc4ccccc4c32)cc1. The molecule has 0 radical (unpaired) electrons. The van der Waals surface area contributed by atoms with E-state index >= 15 is 0 Å². The Balaban J connectivity index is 1.52. The van der Waals surface area contributed by atoms with Gasteiger partial charge in [0.25, 0.3) is 0 Å². The van der Waals surface area contributed by atoms with E-state index in [4.69, 9.17) is 4.42 Å². The lowest BCUT2D eigenvalue weighted by Gasteiger charge is -2.10. The summed E-state index contributed by atoms with van der Waals surface area (Å²) in [6, 6.07) is 43.4. The molecule has 0 saturated carbocycles. The third-order valence-electron chi connectivity index (χ3n) is 8.04. The van der Waals surface area contributed by atoms with Gasteiger partial charge in [0.15, 0.2) is 12.0 Å². The van der Waals surface area contributed by atoms with Crippen molar-refractivity contribution in [2.24, 2.45) is 0 Å². The Morgan fingerprint density at radius 2 is 1.26 bits per heavy atom. The van der Waals surface area contributed by atoms with Crippen LogP contribution in [0, 0.1) is 0 Å². The molecule has 182 valence electrons. The summed E-state index contributed by atoms with van der Waals surface area (Å²) in [4.78, 5) is 4.42. The highest BCUT2D eigenvalue weighted by atomic mass is 16.3. The molecule has 4 heteroatoms. The van der Waals surface area contributed by atoms with Crippen molar-refractivity contribution in [2.45, 2.75) is 0 Å². The van der Waals surface area contributed by atoms with Crippen molar-refractivity contribution in [3.8, 4) is 11.4 Å². The Hall–Kier alpha value is -5.35. The first-order valence-electron chi connectivity index (χ1n) is 13.1. The Kier molecular flexibility index (Phi) is 4.02. The molecular formula is C35H21N3O. The number of oxazole rings is 1. The molecule has 0 aliphatic heterocycles. The normalized spacial score (nSPS) is 12.1. The molecule has 0 aliphatic carbocycles. The van der Waals surface area contributed by atoms with Gasteiger partial charge in [0, 0.05) is 32.6 Å². The molecule has 0 fully saturated rings. The maximum absolute atomic E-state index is 5.90. The quantitative estimate of drug-likeness (QED) is 0.238. The second kappa shape index (κ2) is 7.59. The molecular weight excluding hydrogens is 478 g/mol. The summed E-state index contributed by atoms with van der Waals surface area (Å²) in [5.41, 5.74) is 8.51. The lowest BCUT2D eigenvalue weighted by atomic mass is 10.0. The van der Waals surface area contributed by atoms with Crippen LogP contribution in [0.4, 0.5) is 0 Å². The molecule has 0 amide bonds. The van der Waals surface area contributed by atoms with Gasteiger partial charge < -0.3 is 13.6 Å². The Morgan fingerprint density at radius 3 is 2.15 bits per heavy atom. The van der Waals surface area contributed by atoms with Crippen LogP contribution in [0.1, 0.15) is 0 Å². The highest BCUT2D eigenvalue weighted by Gasteiger charge is 2.20. The zero-order valence-electron chi connectivity index (χ0n) is 20.9. The number of nitrogens with zero attached hydrogens (tertiary/aromatic N) is 3. The molecule has 0 spiro atoms. The average Bonchev–Trinajstić information content (AvgIpc) is 3.69. The number of aromatic nitrogens is 3. The van der Waals surface area contributed by atoms with Gasteiger partial charge in [-0.1, -0.05) is 78.9 Å². The minimum Gasteiger partial charge on any atom is -0.441 e. The first kappa shape index (κ1) is 20.7. The van der Waals surface area contributed by atoms with E-state index in [1.807, 2.05) is 12.1 Å². The molecule has 9 aromatic rings. The Bertz CT molecular complexity index is 2390. The van der Waals surface area contributed by atoms with E-state index in [2.05, 4.69) is 123 Å². The van der Waals surface area contributed by atoms with Crippen LogP contribution in [0.3, 0.4) is 0 Å². The molecule has 0 aliphatic rings. The van der Waals surface area contributed by atoms with E-state index in [0.717, 1.165) is 33.5 Å². The third-order valence-corrected chi connectivity index (χ3v) is 8.04. The molecule has 9 rings (SSSR count). The number of hydrogen-bond donors (Lipinski definition) is 0. The fourth-order valence-corrected chi connectivity index (χ4v) is 6.39. The van der Waals surface area contributed by atoms with Crippen LogP contribution in [-0.4, -0.2) is 14.1 Å². The van der Waals surface area contributed by atoms with Gasteiger partial charge in [0.2, 0.25) is 0 Å². The largest absolute Gasteiger partial charge is 0.441 e. The van der Waals surface area contributed by atoms with Crippen LogP contribution < -0.4 is 0 Å². The van der Waals surface area contributed by atoms with Crippen LogP contribution in [-0.2, 0) is 0 Å². The average molecular weight is 500 g/mol. The summed E-state index contributed by atoms with van der Waals surface area (Å²) in [6.45, 7) is 0. The van der Waals surface area contributed by atoms with Crippen molar-refractivity contribution >= 4 is 65.5 Å². The summed E-state index contributed by atoms with van der Waals surface area (Å²) in [6.07, 6.45) is 1.53. The zero-order chi connectivity index (χ0) is 25.5. The highest BCUT2D eigenvalue weighted by molar-refractivity contribution is 6.23. The van der Waals surface area contributed by atoms with Crippen molar-refractivity contribution in [2.75, 3.05) is 0 Å².